The van der Waals surface area contributed by atoms with Crippen molar-refractivity contribution in [1.82, 2.24) is 19.9 Å². The van der Waals surface area contributed by atoms with Crippen molar-refractivity contribution < 1.29 is 0 Å². The van der Waals surface area contributed by atoms with Crippen LogP contribution >= 0.6 is 22.7 Å². The van der Waals surface area contributed by atoms with Gasteiger partial charge < -0.3 is 9.97 Å². The van der Waals surface area contributed by atoms with Crippen molar-refractivity contribution in [1.29, 1.82) is 0 Å². The lowest BCUT2D eigenvalue weighted by molar-refractivity contribution is 0.590. The molecule has 0 aliphatic carbocycles. The van der Waals surface area contributed by atoms with Gasteiger partial charge in [-0.1, -0.05) is 89.1 Å². The molecule has 4 nitrogen and oxygen atoms in total. The highest BCUT2D eigenvalue weighted by atomic mass is 32.1. The lowest BCUT2D eigenvalue weighted by atomic mass is 9.84. The lowest BCUT2D eigenvalue weighted by Crippen LogP contribution is -2.11. The molecule has 2 N–H and O–H groups in total. The summed E-state index contributed by atoms with van der Waals surface area (Å²) >= 11 is 3.52. The van der Waals surface area contributed by atoms with Crippen LogP contribution in [0.4, 0.5) is 0 Å². The molecule has 11 aromatic rings. The summed E-state index contributed by atoms with van der Waals surface area (Å²) in [4.78, 5) is 18.5. The van der Waals surface area contributed by atoms with Gasteiger partial charge in [0, 0.05) is 43.7 Å². The van der Waals surface area contributed by atoms with E-state index in [1.807, 2.05) is 0 Å². The second kappa shape index (κ2) is 14.2. The molecule has 0 unspecified atom stereocenters. The number of H-pyrrole nitrogens is 2. The fourth-order valence-corrected chi connectivity index (χ4v) is 12.4. The summed E-state index contributed by atoms with van der Waals surface area (Å²) in [7, 11) is 0. The summed E-state index contributed by atoms with van der Waals surface area (Å²) in [5.74, 6) is 0. The summed E-state index contributed by atoms with van der Waals surface area (Å²) < 4.78 is 2.28. The summed E-state index contributed by atoms with van der Waals surface area (Å²) in [5, 5.41) is 7.00. The Morgan fingerprint density at radius 2 is 0.859 bits per heavy atom. The molecule has 6 heteroatoms. The zero-order chi connectivity index (χ0) is 44.7. The van der Waals surface area contributed by atoms with Crippen LogP contribution in [0.25, 0.3) is 107 Å². The summed E-state index contributed by atoms with van der Waals surface area (Å²) in [6.45, 7) is 27.1. The number of aryl methyl sites for hydroxylation is 6. The van der Waals surface area contributed by atoms with Crippen LogP contribution in [0.15, 0.2) is 97.1 Å². The van der Waals surface area contributed by atoms with E-state index in [0.717, 1.165) is 63.6 Å². The lowest BCUT2D eigenvalue weighted by Gasteiger charge is -2.20. The number of benzene rings is 7. The minimum atomic E-state index is -0.0280. The minimum Gasteiger partial charge on any atom is -0.354 e. The Kier molecular flexibility index (Phi) is 9.03. The quantitative estimate of drug-likeness (QED) is 0.185. The van der Waals surface area contributed by atoms with Gasteiger partial charge in [-0.2, -0.15) is 0 Å². The molecule has 0 fully saturated rings. The fourth-order valence-electron chi connectivity index (χ4n) is 10.4. The van der Waals surface area contributed by atoms with E-state index in [-0.39, 0.29) is 10.8 Å². The third kappa shape index (κ3) is 6.60. The molecule has 0 saturated carbocycles. The highest BCUT2D eigenvalue weighted by molar-refractivity contribution is 7.23. The Morgan fingerprint density at radius 1 is 0.422 bits per heavy atom. The highest BCUT2D eigenvalue weighted by Crippen LogP contribution is 2.46. The van der Waals surface area contributed by atoms with Crippen LogP contribution < -0.4 is 0 Å². The van der Waals surface area contributed by atoms with Crippen molar-refractivity contribution in [2.24, 2.45) is 0 Å². The van der Waals surface area contributed by atoms with Gasteiger partial charge in [-0.25, -0.2) is 9.97 Å². The molecular weight excluding hydrogens is 817 g/mol. The van der Waals surface area contributed by atoms with Gasteiger partial charge in [0.1, 0.15) is 10.0 Å². The number of rotatable bonds is 4. The number of nitrogens with zero attached hydrogens (tertiary/aromatic N) is 2. The minimum absolute atomic E-state index is 0.0280. The molecule has 0 atom stereocenters. The molecule has 11 rings (SSSR count). The first kappa shape index (κ1) is 40.7. The predicted molar refractivity (Wildman–Crippen MR) is 279 cm³/mol. The van der Waals surface area contributed by atoms with Gasteiger partial charge >= 0.3 is 0 Å². The third-order valence-electron chi connectivity index (χ3n) is 13.4. The van der Waals surface area contributed by atoms with Gasteiger partial charge in [0.2, 0.25) is 0 Å². The van der Waals surface area contributed by atoms with Crippen molar-refractivity contribution in [2.75, 3.05) is 0 Å². The van der Waals surface area contributed by atoms with Crippen LogP contribution in [-0.4, -0.2) is 19.9 Å². The molecule has 318 valence electrons. The van der Waals surface area contributed by atoms with Gasteiger partial charge in [0.15, 0.2) is 0 Å². The van der Waals surface area contributed by atoms with Gasteiger partial charge in [-0.15, -0.1) is 22.7 Å². The zero-order valence-corrected chi connectivity index (χ0v) is 40.6. The maximum atomic E-state index is 5.45. The molecule has 7 aromatic carbocycles. The van der Waals surface area contributed by atoms with Crippen molar-refractivity contribution >= 4 is 86.7 Å². The molecule has 4 aromatic heterocycles. The number of fused-ring (bicyclic) bond motifs is 8. The molecule has 0 spiro atoms. The Labute approximate surface area is 383 Å². The van der Waals surface area contributed by atoms with Crippen molar-refractivity contribution in [2.45, 2.75) is 93.9 Å². The first-order chi connectivity index (χ1) is 30.4. The van der Waals surface area contributed by atoms with E-state index in [2.05, 4.69) is 190 Å². The number of aromatic nitrogens is 4. The molecule has 4 heterocycles. The van der Waals surface area contributed by atoms with Gasteiger partial charge in [0.25, 0.3) is 0 Å². The van der Waals surface area contributed by atoms with Gasteiger partial charge in [-0.3, -0.25) is 0 Å². The van der Waals surface area contributed by atoms with Crippen LogP contribution in [0.3, 0.4) is 0 Å². The molecule has 0 aliphatic rings. The molecule has 0 radical (unpaired) electrons. The Bertz CT molecular complexity index is 3660. The van der Waals surface area contributed by atoms with E-state index in [9.17, 15) is 0 Å². The first-order valence-corrected chi connectivity index (χ1v) is 24.1. The normalized spacial score (nSPS) is 12.7. The first-order valence-electron chi connectivity index (χ1n) is 22.5. The molecule has 0 saturated heterocycles. The van der Waals surface area contributed by atoms with Gasteiger partial charge in [-0.05, 0) is 169 Å². The SMILES string of the molecule is Cc1cc(C)c(-c2ccc3[nH]c4c(-c5nc6cc7sc(-c8cc(C(C)(C)C)cc9c8[nH]c8ccc(C(C)(C)C)cc89)nc7cc6s5)cc(-c5c(C)cc(C)cc5C)cc4c3c2)c(C)c1. The number of thiazole rings is 2. The zero-order valence-electron chi connectivity index (χ0n) is 38.9. The van der Waals surface area contributed by atoms with E-state index in [1.165, 1.54) is 88.3 Å². The second-order valence-electron chi connectivity index (χ2n) is 20.5. The van der Waals surface area contributed by atoms with Crippen LogP contribution in [0.1, 0.15) is 86.1 Å². The Morgan fingerprint density at radius 3 is 1.39 bits per heavy atom. The average Bonchev–Trinajstić information content (AvgIpc) is 4.00. The number of hydrogen-bond donors (Lipinski definition) is 2. The van der Waals surface area contributed by atoms with Crippen LogP contribution in [0.2, 0.25) is 0 Å². The third-order valence-corrected chi connectivity index (χ3v) is 15.5. The monoisotopic (exact) mass is 870 g/mol. The Hall–Kier alpha value is -6.08. The van der Waals surface area contributed by atoms with Crippen molar-refractivity contribution in [3.63, 3.8) is 0 Å². The fraction of sp³-hybridized carbons (Fsp3) is 0.241. The van der Waals surface area contributed by atoms with E-state index in [4.69, 9.17) is 9.97 Å². The topological polar surface area (TPSA) is 57.4 Å². The summed E-state index contributed by atoms with van der Waals surface area (Å²) in [6, 6.07) is 37.1. The largest absolute Gasteiger partial charge is 0.354 e. The number of hydrogen-bond acceptors (Lipinski definition) is 4. The van der Waals surface area contributed by atoms with Crippen LogP contribution in [0, 0.1) is 41.5 Å². The van der Waals surface area contributed by atoms with E-state index < -0.39 is 0 Å². The maximum Gasteiger partial charge on any atom is 0.126 e. The summed E-state index contributed by atoms with van der Waals surface area (Å²) in [6.07, 6.45) is 0. The molecule has 0 aliphatic heterocycles. The molecule has 0 amide bonds. The van der Waals surface area contributed by atoms with Crippen LogP contribution in [-0.2, 0) is 10.8 Å². The van der Waals surface area contributed by atoms with Gasteiger partial charge in [0.05, 0.1) is 31.5 Å². The van der Waals surface area contributed by atoms with E-state index >= 15 is 0 Å². The molecule has 0 bridgehead atoms. The van der Waals surface area contributed by atoms with Crippen LogP contribution in [0.5, 0.6) is 0 Å². The standard InChI is InChI=1S/C58H54N4S2/c1-29-17-31(3)51(32(4)18-29)35-13-15-45-39(21-35)41-22-36(52-33(5)19-30(2)20-34(52)6)23-43(53(41)59-45)55-61-47-27-50-48(28-49(47)63-55)62-56(64-50)44-26-38(58(10,11)12)25-42-40-24-37(57(7,8)9)14-16-46(40)60-54(42)44/h13-28,59-60H,1-12H3. The van der Waals surface area contributed by atoms with E-state index in [1.54, 1.807) is 22.7 Å². The smallest absolute Gasteiger partial charge is 0.126 e. The summed E-state index contributed by atoms with van der Waals surface area (Å²) in [5.41, 5.74) is 24.3. The second-order valence-corrected chi connectivity index (χ2v) is 22.6. The Balaban J connectivity index is 1.08. The molecular formula is C58H54N4S2. The average molecular weight is 871 g/mol. The van der Waals surface area contributed by atoms with E-state index in [0.29, 0.717) is 0 Å². The highest BCUT2D eigenvalue weighted by Gasteiger charge is 2.24. The van der Waals surface area contributed by atoms with Crippen molar-refractivity contribution in [3.05, 3.63) is 142 Å². The predicted octanol–water partition coefficient (Wildman–Crippen LogP) is 17.3. The number of aromatic amines is 2. The maximum absolute atomic E-state index is 5.45. The molecule has 64 heavy (non-hydrogen) atoms. The number of nitrogens with one attached hydrogen (secondary N) is 2. The van der Waals surface area contributed by atoms with Crippen molar-refractivity contribution in [3.8, 4) is 43.4 Å².